The highest BCUT2D eigenvalue weighted by Gasteiger charge is 2.38. The predicted octanol–water partition coefficient (Wildman–Crippen LogP) is 3.03. The molecule has 1 saturated heterocycles. The minimum Gasteiger partial charge on any atom is -0.493 e. The highest BCUT2D eigenvalue weighted by Crippen LogP contribution is 2.43. The van der Waals surface area contributed by atoms with Gasteiger partial charge in [-0.1, -0.05) is 13.8 Å². The lowest BCUT2D eigenvalue weighted by Crippen LogP contribution is -2.48. The molecule has 1 fully saturated rings. The fourth-order valence-corrected chi connectivity index (χ4v) is 3.15. The van der Waals surface area contributed by atoms with E-state index in [4.69, 9.17) is 27.3 Å². The molecular weight excluding hydrogens is 290 g/mol. The Labute approximate surface area is 157 Å². The van der Waals surface area contributed by atoms with E-state index in [1.165, 1.54) is 12.0 Å². The van der Waals surface area contributed by atoms with Crippen LogP contribution in [-0.2, 0) is 6.42 Å². The van der Waals surface area contributed by atoms with E-state index in [-0.39, 0.29) is 42.3 Å². The van der Waals surface area contributed by atoms with Crippen LogP contribution in [0.2, 0.25) is 0 Å². The van der Waals surface area contributed by atoms with Crippen molar-refractivity contribution in [2.45, 2.75) is 45.1 Å². The fourth-order valence-electron chi connectivity index (χ4n) is 3.15. The van der Waals surface area contributed by atoms with E-state index >= 15 is 0 Å². The van der Waals surface area contributed by atoms with Crippen LogP contribution in [0.25, 0.3) is 0 Å². The molecule has 128 valence electrons. The van der Waals surface area contributed by atoms with Crippen LogP contribution in [0, 0.1) is 11.8 Å². The van der Waals surface area contributed by atoms with Gasteiger partial charge in [0.2, 0.25) is 0 Å². The average Bonchev–Trinajstić information content (AvgIpc) is 2.68. The summed E-state index contributed by atoms with van der Waals surface area (Å²) in [5.74, 6) is -5.49. The van der Waals surface area contributed by atoms with Gasteiger partial charge in [-0.05, 0) is 54.2 Å². The Hall–Kier alpha value is -1.26. The number of fused-ring (bicyclic) bond motifs is 3. The number of piperidine rings is 1. The number of ether oxygens (including phenoxy) is 2. The Morgan fingerprint density at radius 3 is 3.13 bits per heavy atom. The first-order valence-corrected chi connectivity index (χ1v) is 7.45. The van der Waals surface area contributed by atoms with E-state index in [1.54, 1.807) is 0 Å². The predicted molar refractivity (Wildman–Crippen MR) is 91.1 cm³/mol. The normalized spacial score (nSPS) is 42.2. The lowest BCUT2D eigenvalue weighted by atomic mass is 9.79. The highest BCUT2D eigenvalue weighted by molar-refractivity contribution is 5.49. The van der Waals surface area contributed by atoms with Crippen molar-refractivity contribution in [1.29, 1.82) is 0 Å². The Bertz CT molecular complexity index is 1020. The first kappa shape index (κ1) is 6.93. The molecule has 4 nitrogen and oxygen atoms in total. The van der Waals surface area contributed by atoms with E-state index in [1.807, 2.05) is 0 Å². The SMILES string of the molecule is [2H]c1c2c(c([2H])c(OC([2H])([2H])[2H])c1OC)C1CC(O)C(C([2H])([2H])C([2H])(C)C([2H])([2H])[2H])C([2H])([2H])N1CC2. The van der Waals surface area contributed by atoms with Crippen molar-refractivity contribution in [2.75, 3.05) is 27.2 Å². The summed E-state index contributed by atoms with van der Waals surface area (Å²) in [6.45, 7) is -5.01. The van der Waals surface area contributed by atoms with Crippen LogP contribution in [-0.4, -0.2) is 43.3 Å². The van der Waals surface area contributed by atoms with Crippen molar-refractivity contribution in [2.24, 2.45) is 11.8 Å². The van der Waals surface area contributed by atoms with E-state index < -0.39 is 62.5 Å². The number of hydrogen-bond acceptors (Lipinski definition) is 4. The lowest BCUT2D eigenvalue weighted by Gasteiger charge is -2.46. The largest absolute Gasteiger partial charge is 0.493 e. The minimum absolute atomic E-state index is 0.0176. The number of rotatable bonds is 4. The van der Waals surface area contributed by atoms with Crippen LogP contribution in [0.15, 0.2) is 12.1 Å². The highest BCUT2D eigenvalue weighted by atomic mass is 16.5. The molecule has 4 unspecified atom stereocenters. The maximum absolute atomic E-state index is 11.0. The molecule has 0 aliphatic carbocycles. The minimum atomic E-state index is -3.12. The maximum Gasteiger partial charge on any atom is 0.161 e. The standard InChI is InChI=1S/C19H29NO3/c1-12(2)7-14-11-20-6-5-13-8-18(22-3)19(23-4)9-15(13)16(20)10-17(14)21/h8-9,12,14,16-17,21H,5-7,10-11H2,1-4H3/i1D3,4D3,7D2,8D,9D,11D2,12D. The Balaban J connectivity index is 2.17. The molecule has 0 bridgehead atoms. The summed E-state index contributed by atoms with van der Waals surface area (Å²) in [6, 6.07) is -1.77. The fraction of sp³-hybridized carbons (Fsp3) is 0.684. The van der Waals surface area contributed by atoms with Crippen LogP contribution >= 0.6 is 0 Å². The Morgan fingerprint density at radius 1 is 1.57 bits per heavy atom. The Morgan fingerprint density at radius 2 is 2.39 bits per heavy atom. The zero-order valence-electron chi connectivity index (χ0n) is 26.1. The summed E-state index contributed by atoms with van der Waals surface area (Å²) in [5, 5.41) is 11.0. The molecule has 0 aromatic heterocycles. The van der Waals surface area contributed by atoms with Gasteiger partial charge >= 0.3 is 0 Å². The van der Waals surface area contributed by atoms with Crippen LogP contribution in [0.3, 0.4) is 0 Å². The third kappa shape index (κ3) is 3.20. The zero-order chi connectivity index (χ0) is 27.8. The topological polar surface area (TPSA) is 41.9 Å². The molecule has 4 heteroatoms. The van der Waals surface area contributed by atoms with Crippen LogP contribution in [0.5, 0.6) is 11.5 Å². The molecular formula is C19H29NO3. The molecule has 1 aromatic carbocycles. The first-order chi connectivity index (χ1) is 16.1. The van der Waals surface area contributed by atoms with Crippen LogP contribution < -0.4 is 9.47 Å². The molecule has 23 heavy (non-hydrogen) atoms. The van der Waals surface area contributed by atoms with Gasteiger partial charge in [0.15, 0.2) is 11.5 Å². The second-order valence-electron chi connectivity index (χ2n) is 5.75. The molecule has 0 saturated carbocycles. The van der Waals surface area contributed by atoms with Gasteiger partial charge in [0.05, 0.1) is 27.1 Å². The van der Waals surface area contributed by atoms with Gasteiger partial charge in [-0.3, -0.25) is 4.90 Å². The Kier molecular flexibility index (Phi) is 2.02. The number of methoxy groups -OCH3 is 2. The molecule has 1 aromatic rings. The van der Waals surface area contributed by atoms with Crippen molar-refractivity contribution in [3.8, 4) is 11.5 Å². The summed E-state index contributed by atoms with van der Waals surface area (Å²) in [4.78, 5) is 1.18. The number of benzene rings is 1. The van der Waals surface area contributed by atoms with Crippen molar-refractivity contribution >= 4 is 0 Å². The lowest BCUT2D eigenvalue weighted by molar-refractivity contribution is -0.0191. The van der Waals surface area contributed by atoms with Crippen molar-refractivity contribution in [1.82, 2.24) is 4.90 Å². The van der Waals surface area contributed by atoms with E-state index in [0.717, 1.165) is 6.92 Å². The average molecular weight is 333 g/mol. The zero-order valence-corrected chi connectivity index (χ0v) is 13.1. The van der Waals surface area contributed by atoms with Crippen molar-refractivity contribution in [3.63, 3.8) is 0 Å². The van der Waals surface area contributed by atoms with Crippen molar-refractivity contribution < 1.29 is 32.4 Å². The van der Waals surface area contributed by atoms with Gasteiger partial charge in [-0.15, -0.1) is 0 Å². The van der Waals surface area contributed by atoms with E-state index in [0.29, 0.717) is 0 Å². The quantitative estimate of drug-likeness (QED) is 0.920. The van der Waals surface area contributed by atoms with Gasteiger partial charge in [-0.2, -0.15) is 0 Å². The van der Waals surface area contributed by atoms with Gasteiger partial charge in [0, 0.05) is 30.0 Å². The maximum atomic E-state index is 11.0. The van der Waals surface area contributed by atoms with Gasteiger partial charge in [-0.25, -0.2) is 0 Å². The van der Waals surface area contributed by atoms with Crippen LogP contribution in [0.1, 0.15) is 61.6 Å². The summed E-state index contributed by atoms with van der Waals surface area (Å²) in [6.07, 6.45) is -5.11. The summed E-state index contributed by atoms with van der Waals surface area (Å²) < 4.78 is 115. The monoisotopic (exact) mass is 332 g/mol. The number of aliphatic hydroxyl groups excluding tert-OH is 1. The molecule has 2 heterocycles. The summed E-state index contributed by atoms with van der Waals surface area (Å²) in [5.41, 5.74) is 0.339. The molecule has 1 N–H and O–H groups in total. The second kappa shape index (κ2) is 6.70. The van der Waals surface area contributed by atoms with Gasteiger partial charge < -0.3 is 14.6 Å². The first-order valence-electron chi connectivity index (χ1n) is 13.9. The van der Waals surface area contributed by atoms with Gasteiger partial charge in [0.1, 0.15) is 0 Å². The number of hydrogen-bond donors (Lipinski definition) is 1. The second-order valence-corrected chi connectivity index (χ2v) is 5.75. The molecule has 0 spiro atoms. The van der Waals surface area contributed by atoms with Gasteiger partial charge in [0.25, 0.3) is 0 Å². The smallest absolute Gasteiger partial charge is 0.161 e. The molecule has 0 radical (unpaired) electrons. The summed E-state index contributed by atoms with van der Waals surface area (Å²) >= 11 is 0. The van der Waals surface area contributed by atoms with E-state index in [2.05, 4.69) is 0 Å². The number of nitrogens with zero attached hydrogens (tertiary/aromatic N) is 1. The summed E-state index contributed by atoms with van der Waals surface area (Å²) in [7, 11) is -1.78. The molecule has 3 rings (SSSR count). The van der Waals surface area contributed by atoms with E-state index in [9.17, 15) is 5.11 Å². The van der Waals surface area contributed by atoms with Crippen molar-refractivity contribution in [3.05, 3.63) is 23.2 Å². The molecule has 2 aliphatic heterocycles. The number of aliphatic hydroxyl groups is 1. The third-order valence-electron chi connectivity index (χ3n) is 4.19. The molecule has 2 aliphatic rings. The molecule has 4 atom stereocenters. The third-order valence-corrected chi connectivity index (χ3v) is 4.19. The molecule has 0 amide bonds. The van der Waals surface area contributed by atoms with Crippen LogP contribution in [0.4, 0.5) is 0 Å².